The van der Waals surface area contributed by atoms with Crippen molar-refractivity contribution < 1.29 is 9.72 Å². The van der Waals surface area contributed by atoms with Gasteiger partial charge in [-0.25, -0.2) is 0 Å². The minimum absolute atomic E-state index is 0.00593. The van der Waals surface area contributed by atoms with Gasteiger partial charge in [-0.15, -0.1) is 0 Å². The number of carbonyl (C=O) groups excluding carboxylic acids is 1. The quantitative estimate of drug-likeness (QED) is 0.662. The van der Waals surface area contributed by atoms with Crippen molar-refractivity contribution in [3.8, 4) is 0 Å². The van der Waals surface area contributed by atoms with E-state index in [0.29, 0.717) is 12.2 Å². The topological polar surface area (TPSA) is 75.5 Å². The number of hydrogen-bond acceptors (Lipinski definition) is 4. The summed E-state index contributed by atoms with van der Waals surface area (Å²) in [6.07, 6.45) is 1.71. The Morgan fingerprint density at radius 3 is 3.00 bits per heavy atom. The monoisotopic (exact) mass is 263 g/mol. The minimum atomic E-state index is -0.445. The van der Waals surface area contributed by atoms with Gasteiger partial charge in [0.25, 0.3) is 5.69 Å². The first-order chi connectivity index (χ1) is 9.13. The highest BCUT2D eigenvalue weighted by Gasteiger charge is 2.29. The zero-order valence-electron chi connectivity index (χ0n) is 10.8. The van der Waals surface area contributed by atoms with Crippen molar-refractivity contribution in [1.29, 1.82) is 0 Å². The van der Waals surface area contributed by atoms with E-state index in [9.17, 15) is 14.9 Å². The number of likely N-dealkylation sites (N-methyl/N-ethyl adjacent to an activating group) is 1. The fourth-order valence-corrected chi connectivity index (χ4v) is 2.34. The molecule has 0 aliphatic carbocycles. The highest BCUT2D eigenvalue weighted by atomic mass is 16.6. The molecule has 1 saturated heterocycles. The Bertz CT molecular complexity index is 488. The summed E-state index contributed by atoms with van der Waals surface area (Å²) in [7, 11) is 0. The van der Waals surface area contributed by atoms with Gasteiger partial charge in [0.1, 0.15) is 0 Å². The molecule has 1 aliphatic heterocycles. The maximum Gasteiger partial charge on any atom is 0.271 e. The smallest absolute Gasteiger partial charge is 0.271 e. The number of rotatable bonds is 4. The lowest BCUT2D eigenvalue weighted by molar-refractivity contribution is -0.384. The van der Waals surface area contributed by atoms with Crippen LogP contribution >= 0.6 is 0 Å². The molecule has 102 valence electrons. The van der Waals surface area contributed by atoms with Crippen LogP contribution in [0.25, 0.3) is 0 Å². The maximum absolute atomic E-state index is 12.3. The molecule has 1 aromatic rings. The van der Waals surface area contributed by atoms with Gasteiger partial charge in [0.2, 0.25) is 5.91 Å². The maximum atomic E-state index is 12.3. The van der Waals surface area contributed by atoms with Gasteiger partial charge in [0, 0.05) is 18.7 Å². The normalized spacial score (nSPS) is 19.5. The fraction of sp³-hybridized carbons (Fsp3) is 0.462. The van der Waals surface area contributed by atoms with Crippen LogP contribution in [0, 0.1) is 10.1 Å². The van der Waals surface area contributed by atoms with E-state index in [2.05, 4.69) is 5.32 Å². The van der Waals surface area contributed by atoms with Gasteiger partial charge in [-0.2, -0.15) is 0 Å². The van der Waals surface area contributed by atoms with Gasteiger partial charge in [-0.1, -0.05) is 13.0 Å². The Morgan fingerprint density at radius 2 is 2.32 bits per heavy atom. The van der Waals surface area contributed by atoms with E-state index in [4.69, 9.17) is 0 Å². The van der Waals surface area contributed by atoms with E-state index in [1.54, 1.807) is 17.0 Å². The van der Waals surface area contributed by atoms with Gasteiger partial charge in [0.05, 0.1) is 16.7 Å². The largest absolute Gasteiger partial charge is 0.311 e. The number of carbonyl (C=O) groups is 1. The minimum Gasteiger partial charge on any atom is -0.311 e. The van der Waals surface area contributed by atoms with E-state index in [-0.39, 0.29) is 17.6 Å². The van der Waals surface area contributed by atoms with Crippen LogP contribution in [0.2, 0.25) is 0 Å². The van der Waals surface area contributed by atoms with Crippen LogP contribution in [0.15, 0.2) is 24.3 Å². The molecule has 2 rings (SSSR count). The summed E-state index contributed by atoms with van der Waals surface area (Å²) in [4.78, 5) is 24.2. The molecule has 0 aromatic heterocycles. The summed E-state index contributed by atoms with van der Waals surface area (Å²) in [6, 6.07) is 6.04. The van der Waals surface area contributed by atoms with Crippen LogP contribution in [-0.2, 0) is 4.79 Å². The van der Waals surface area contributed by atoms with Gasteiger partial charge in [-0.05, 0) is 25.5 Å². The van der Waals surface area contributed by atoms with Gasteiger partial charge >= 0.3 is 0 Å². The molecule has 0 bridgehead atoms. The van der Waals surface area contributed by atoms with Crippen LogP contribution in [-0.4, -0.2) is 30.0 Å². The first-order valence-corrected chi connectivity index (χ1v) is 6.42. The third-order valence-corrected chi connectivity index (χ3v) is 3.24. The number of anilines is 1. The van der Waals surface area contributed by atoms with E-state index < -0.39 is 4.92 Å². The number of nitro groups is 1. The summed E-state index contributed by atoms with van der Waals surface area (Å²) in [5.41, 5.74) is 0.609. The van der Waals surface area contributed by atoms with E-state index >= 15 is 0 Å². The lowest BCUT2D eigenvalue weighted by Gasteiger charge is -2.32. The van der Waals surface area contributed by atoms with Crippen molar-refractivity contribution in [3.63, 3.8) is 0 Å². The lowest BCUT2D eigenvalue weighted by atomic mass is 10.0. The molecule has 1 heterocycles. The van der Waals surface area contributed by atoms with Crippen molar-refractivity contribution in [2.45, 2.75) is 25.8 Å². The zero-order valence-corrected chi connectivity index (χ0v) is 10.8. The van der Waals surface area contributed by atoms with Crippen LogP contribution in [0.1, 0.15) is 19.8 Å². The predicted molar refractivity (Wildman–Crippen MR) is 72.1 cm³/mol. The summed E-state index contributed by atoms with van der Waals surface area (Å²) in [5.74, 6) is -0.00593. The molecule has 6 nitrogen and oxygen atoms in total. The van der Waals surface area contributed by atoms with Gasteiger partial charge in [0.15, 0.2) is 0 Å². The molecule has 1 atom stereocenters. The van der Waals surface area contributed by atoms with Crippen LogP contribution in [0.4, 0.5) is 11.4 Å². The molecular formula is C13H17N3O3. The zero-order chi connectivity index (χ0) is 13.8. The van der Waals surface area contributed by atoms with Crippen molar-refractivity contribution >= 4 is 17.3 Å². The predicted octanol–water partition coefficient (Wildman–Crippen LogP) is 1.70. The van der Waals surface area contributed by atoms with E-state index in [1.165, 1.54) is 12.1 Å². The molecule has 6 heteroatoms. The Kier molecular flexibility index (Phi) is 4.11. The Hall–Kier alpha value is -1.95. The summed E-state index contributed by atoms with van der Waals surface area (Å²) in [5, 5.41) is 13.9. The van der Waals surface area contributed by atoms with Crippen LogP contribution in [0.5, 0.6) is 0 Å². The van der Waals surface area contributed by atoms with Gasteiger partial charge < -0.3 is 10.2 Å². The second-order valence-electron chi connectivity index (χ2n) is 4.52. The highest BCUT2D eigenvalue weighted by Crippen LogP contribution is 2.24. The molecule has 1 aliphatic rings. The number of amides is 1. The molecule has 19 heavy (non-hydrogen) atoms. The molecule has 0 radical (unpaired) electrons. The molecule has 1 amide bonds. The number of non-ortho nitro benzene ring substituents is 1. The number of piperidine rings is 1. The summed E-state index contributed by atoms with van der Waals surface area (Å²) in [6.45, 7) is 3.31. The Morgan fingerprint density at radius 1 is 1.53 bits per heavy atom. The number of nitrogens with one attached hydrogen (secondary N) is 1. The average Bonchev–Trinajstić information content (AvgIpc) is 2.41. The van der Waals surface area contributed by atoms with E-state index in [1.807, 2.05) is 6.92 Å². The molecule has 1 aromatic carbocycles. The standard InChI is InChI=1S/C13H17N3O3/c1-2-14-12-7-4-8-15(13(12)17)10-5-3-6-11(9-10)16(18)19/h3,5-6,9,12,14H,2,4,7-8H2,1H3. The van der Waals surface area contributed by atoms with Crippen LogP contribution < -0.4 is 10.2 Å². The van der Waals surface area contributed by atoms with Crippen molar-refractivity contribution in [2.75, 3.05) is 18.0 Å². The van der Waals surface area contributed by atoms with Crippen molar-refractivity contribution in [3.05, 3.63) is 34.4 Å². The number of nitrogens with zero attached hydrogens (tertiary/aromatic N) is 2. The number of hydrogen-bond donors (Lipinski definition) is 1. The third kappa shape index (κ3) is 2.90. The molecule has 0 saturated carbocycles. The third-order valence-electron chi connectivity index (χ3n) is 3.24. The average molecular weight is 263 g/mol. The Balaban J connectivity index is 2.23. The van der Waals surface area contributed by atoms with Crippen molar-refractivity contribution in [2.24, 2.45) is 0 Å². The highest BCUT2D eigenvalue weighted by molar-refractivity contribution is 5.98. The van der Waals surface area contributed by atoms with Gasteiger partial charge in [-0.3, -0.25) is 14.9 Å². The fourth-order valence-electron chi connectivity index (χ4n) is 2.34. The first-order valence-electron chi connectivity index (χ1n) is 6.42. The lowest BCUT2D eigenvalue weighted by Crippen LogP contribution is -2.50. The van der Waals surface area contributed by atoms with Crippen LogP contribution in [0.3, 0.4) is 0 Å². The number of nitro benzene ring substituents is 1. The van der Waals surface area contributed by atoms with Crippen molar-refractivity contribution in [1.82, 2.24) is 5.32 Å². The number of benzene rings is 1. The first kappa shape index (κ1) is 13.5. The second-order valence-corrected chi connectivity index (χ2v) is 4.52. The molecule has 1 N–H and O–H groups in total. The molecule has 1 fully saturated rings. The summed E-state index contributed by atoms with van der Waals surface area (Å²) >= 11 is 0. The molecule has 0 spiro atoms. The SMILES string of the molecule is CCNC1CCCN(c2cccc([N+](=O)[O-])c2)C1=O. The second kappa shape index (κ2) is 5.79. The van der Waals surface area contributed by atoms with E-state index in [0.717, 1.165) is 19.4 Å². The molecule has 1 unspecified atom stereocenters. The molecular weight excluding hydrogens is 246 g/mol. The summed E-state index contributed by atoms with van der Waals surface area (Å²) < 4.78 is 0. The Labute approximate surface area is 111 Å².